The van der Waals surface area contributed by atoms with Crippen LogP contribution < -0.4 is 10.1 Å². The first kappa shape index (κ1) is 17.1. The first-order valence-corrected chi connectivity index (χ1v) is 7.86. The maximum atomic E-state index is 11.8. The Bertz CT molecular complexity index is 639. The van der Waals surface area contributed by atoms with E-state index in [1.807, 2.05) is 52.0 Å². The van der Waals surface area contributed by atoms with E-state index in [9.17, 15) is 4.79 Å². The predicted octanol–water partition coefficient (Wildman–Crippen LogP) is 3.59. The predicted molar refractivity (Wildman–Crippen MR) is 89.3 cm³/mol. The van der Waals surface area contributed by atoms with Gasteiger partial charge in [-0.05, 0) is 52.0 Å². The molecule has 124 valence electrons. The number of rotatable bonds is 6. The summed E-state index contributed by atoms with van der Waals surface area (Å²) in [6, 6.07) is 7.67. The minimum absolute atomic E-state index is 0.00156. The molecule has 5 nitrogen and oxygen atoms in total. The molecule has 0 saturated heterocycles. The number of hydrogen-bond donors (Lipinski definition) is 1. The van der Waals surface area contributed by atoms with E-state index in [0.29, 0.717) is 31.1 Å². The molecule has 0 aliphatic carbocycles. The highest BCUT2D eigenvalue weighted by atomic mass is 16.5. The number of benzene rings is 1. The Balaban J connectivity index is 1.94. The van der Waals surface area contributed by atoms with Gasteiger partial charge in [-0.15, -0.1) is 0 Å². The second kappa shape index (κ2) is 7.31. The van der Waals surface area contributed by atoms with Gasteiger partial charge in [-0.25, -0.2) is 4.98 Å². The van der Waals surface area contributed by atoms with Crippen LogP contribution in [0.3, 0.4) is 0 Å². The van der Waals surface area contributed by atoms with Crippen LogP contribution in [-0.2, 0) is 11.2 Å². The van der Waals surface area contributed by atoms with E-state index < -0.39 is 0 Å². The molecule has 5 heteroatoms. The van der Waals surface area contributed by atoms with Crippen molar-refractivity contribution in [2.45, 2.75) is 46.1 Å². The largest absolute Gasteiger partial charge is 0.494 e. The topological polar surface area (TPSA) is 64.4 Å². The zero-order chi connectivity index (χ0) is 16.9. The van der Waals surface area contributed by atoms with Crippen LogP contribution in [0.5, 0.6) is 5.75 Å². The molecule has 0 aliphatic heterocycles. The van der Waals surface area contributed by atoms with Crippen LogP contribution in [0, 0.1) is 0 Å². The molecule has 2 rings (SSSR count). The maximum absolute atomic E-state index is 11.8. The molecule has 2 aromatic rings. The standard InChI is InChI=1S/C18H24N2O3/c1-5-22-14-8-6-13(7-9-14)15-12-19-17(23-15)11-10-16(21)20-18(2,3)4/h6-9,12H,5,10-11H2,1-4H3,(H,20,21). The molecule has 1 aromatic carbocycles. The minimum atomic E-state index is -0.221. The van der Waals surface area contributed by atoms with Gasteiger partial charge in [-0.1, -0.05) is 0 Å². The monoisotopic (exact) mass is 316 g/mol. The Hall–Kier alpha value is -2.30. The SMILES string of the molecule is CCOc1ccc(-c2cnc(CCC(=O)NC(C)(C)C)o2)cc1. The Morgan fingerprint density at radius 1 is 1.26 bits per heavy atom. The van der Waals surface area contributed by atoms with Crippen LogP contribution in [0.1, 0.15) is 40.0 Å². The number of aromatic nitrogens is 1. The van der Waals surface area contributed by atoms with Crippen LogP contribution in [0.2, 0.25) is 0 Å². The summed E-state index contributed by atoms with van der Waals surface area (Å²) < 4.78 is 11.1. The second-order valence-electron chi connectivity index (χ2n) is 6.37. The van der Waals surface area contributed by atoms with E-state index in [2.05, 4.69) is 10.3 Å². The van der Waals surface area contributed by atoms with Gasteiger partial charge < -0.3 is 14.5 Å². The lowest BCUT2D eigenvalue weighted by Crippen LogP contribution is -2.40. The van der Waals surface area contributed by atoms with Gasteiger partial charge >= 0.3 is 0 Å². The van der Waals surface area contributed by atoms with Crippen molar-refractivity contribution in [3.8, 4) is 17.1 Å². The van der Waals surface area contributed by atoms with Gasteiger partial charge in [-0.2, -0.15) is 0 Å². The Labute approximate surface area is 137 Å². The summed E-state index contributed by atoms with van der Waals surface area (Å²) >= 11 is 0. The minimum Gasteiger partial charge on any atom is -0.494 e. The molecular weight excluding hydrogens is 292 g/mol. The molecule has 1 N–H and O–H groups in total. The van der Waals surface area contributed by atoms with Crippen molar-refractivity contribution >= 4 is 5.91 Å². The van der Waals surface area contributed by atoms with Crippen LogP contribution >= 0.6 is 0 Å². The third-order valence-corrected chi connectivity index (χ3v) is 3.08. The third kappa shape index (κ3) is 5.43. The summed E-state index contributed by atoms with van der Waals surface area (Å²) in [7, 11) is 0. The fourth-order valence-electron chi connectivity index (χ4n) is 2.14. The van der Waals surface area contributed by atoms with Crippen molar-refractivity contribution in [3.63, 3.8) is 0 Å². The van der Waals surface area contributed by atoms with Crippen molar-refractivity contribution in [2.75, 3.05) is 6.61 Å². The van der Waals surface area contributed by atoms with Crippen molar-refractivity contribution in [2.24, 2.45) is 0 Å². The maximum Gasteiger partial charge on any atom is 0.220 e. The molecule has 1 heterocycles. The highest BCUT2D eigenvalue weighted by molar-refractivity contribution is 5.76. The average molecular weight is 316 g/mol. The zero-order valence-corrected chi connectivity index (χ0v) is 14.2. The number of nitrogens with one attached hydrogen (secondary N) is 1. The number of carbonyl (C=O) groups excluding carboxylic acids is 1. The lowest BCUT2D eigenvalue weighted by Gasteiger charge is -2.20. The second-order valence-corrected chi connectivity index (χ2v) is 6.37. The molecule has 1 amide bonds. The molecule has 0 bridgehead atoms. The fourth-order valence-corrected chi connectivity index (χ4v) is 2.14. The average Bonchev–Trinajstić information content (AvgIpc) is 2.93. The Morgan fingerprint density at radius 3 is 2.57 bits per heavy atom. The molecule has 0 unspecified atom stereocenters. The van der Waals surface area contributed by atoms with Gasteiger partial charge in [0.25, 0.3) is 0 Å². The fraction of sp³-hybridized carbons (Fsp3) is 0.444. The Kier molecular flexibility index (Phi) is 5.42. The zero-order valence-electron chi connectivity index (χ0n) is 14.2. The number of oxazole rings is 1. The molecule has 0 radical (unpaired) electrons. The van der Waals surface area contributed by atoms with Gasteiger partial charge in [0.1, 0.15) is 5.75 Å². The third-order valence-electron chi connectivity index (χ3n) is 3.08. The highest BCUT2D eigenvalue weighted by Crippen LogP contribution is 2.23. The number of aryl methyl sites for hydroxylation is 1. The van der Waals surface area contributed by atoms with E-state index in [0.717, 1.165) is 11.3 Å². The number of nitrogens with zero attached hydrogens (tertiary/aromatic N) is 1. The lowest BCUT2D eigenvalue weighted by atomic mass is 10.1. The quantitative estimate of drug-likeness (QED) is 0.884. The van der Waals surface area contributed by atoms with Crippen LogP contribution in [0.25, 0.3) is 11.3 Å². The van der Waals surface area contributed by atoms with Crippen molar-refractivity contribution < 1.29 is 13.9 Å². The number of hydrogen-bond acceptors (Lipinski definition) is 4. The first-order valence-electron chi connectivity index (χ1n) is 7.86. The van der Waals surface area contributed by atoms with E-state index in [4.69, 9.17) is 9.15 Å². The molecule has 0 fully saturated rings. The number of amides is 1. The van der Waals surface area contributed by atoms with Gasteiger partial charge in [0.2, 0.25) is 5.91 Å². The summed E-state index contributed by atoms with van der Waals surface area (Å²) in [5.74, 6) is 2.09. The summed E-state index contributed by atoms with van der Waals surface area (Å²) in [5.41, 5.74) is 0.715. The highest BCUT2D eigenvalue weighted by Gasteiger charge is 2.14. The normalized spacial score (nSPS) is 11.3. The van der Waals surface area contributed by atoms with E-state index in [1.54, 1.807) is 6.20 Å². The van der Waals surface area contributed by atoms with Crippen LogP contribution in [0.15, 0.2) is 34.9 Å². The molecular formula is C18H24N2O3. The molecule has 0 saturated carbocycles. The van der Waals surface area contributed by atoms with E-state index in [-0.39, 0.29) is 11.4 Å². The van der Waals surface area contributed by atoms with Gasteiger partial charge in [0.05, 0.1) is 12.8 Å². The van der Waals surface area contributed by atoms with Crippen molar-refractivity contribution in [3.05, 3.63) is 36.4 Å². The smallest absolute Gasteiger partial charge is 0.220 e. The molecule has 23 heavy (non-hydrogen) atoms. The summed E-state index contributed by atoms with van der Waals surface area (Å²) in [5, 5.41) is 2.92. The van der Waals surface area contributed by atoms with Crippen molar-refractivity contribution in [1.29, 1.82) is 0 Å². The summed E-state index contributed by atoms with van der Waals surface area (Å²) in [4.78, 5) is 16.1. The lowest BCUT2D eigenvalue weighted by molar-refractivity contribution is -0.122. The van der Waals surface area contributed by atoms with E-state index >= 15 is 0 Å². The van der Waals surface area contributed by atoms with Gasteiger partial charge in [0, 0.05) is 23.9 Å². The summed E-state index contributed by atoms with van der Waals surface area (Å²) in [6.07, 6.45) is 2.53. The Morgan fingerprint density at radius 2 is 1.96 bits per heavy atom. The van der Waals surface area contributed by atoms with Gasteiger partial charge in [0.15, 0.2) is 11.7 Å². The first-order chi connectivity index (χ1) is 10.9. The summed E-state index contributed by atoms with van der Waals surface area (Å²) in [6.45, 7) is 8.47. The van der Waals surface area contributed by atoms with Crippen molar-refractivity contribution in [1.82, 2.24) is 10.3 Å². The van der Waals surface area contributed by atoms with Crippen LogP contribution in [-0.4, -0.2) is 23.0 Å². The number of ether oxygens (including phenoxy) is 1. The van der Waals surface area contributed by atoms with Gasteiger partial charge in [-0.3, -0.25) is 4.79 Å². The number of carbonyl (C=O) groups is 1. The van der Waals surface area contributed by atoms with E-state index in [1.165, 1.54) is 0 Å². The molecule has 0 spiro atoms. The van der Waals surface area contributed by atoms with Crippen LogP contribution in [0.4, 0.5) is 0 Å². The molecule has 0 aliphatic rings. The molecule has 0 atom stereocenters. The molecule has 1 aromatic heterocycles.